The van der Waals surface area contributed by atoms with Crippen molar-refractivity contribution in [2.45, 2.75) is 40.7 Å². The van der Waals surface area contributed by atoms with Gasteiger partial charge >= 0.3 is 0 Å². The van der Waals surface area contributed by atoms with Gasteiger partial charge in [-0.3, -0.25) is 0 Å². The maximum atomic E-state index is 4.40. The van der Waals surface area contributed by atoms with Crippen molar-refractivity contribution >= 4 is 11.6 Å². The molecule has 0 saturated carbocycles. The van der Waals surface area contributed by atoms with Gasteiger partial charge in [0.25, 0.3) is 0 Å². The number of nitrogens with zero attached hydrogens (tertiary/aromatic N) is 3. The van der Waals surface area contributed by atoms with Gasteiger partial charge in [0.15, 0.2) is 0 Å². The quantitative estimate of drug-likeness (QED) is 0.853. The molecular weight excluding hydrogens is 212 g/mol. The molecule has 0 aliphatic heterocycles. The molecule has 4 nitrogen and oxygen atoms in total. The first-order valence-electron chi connectivity index (χ1n) is 6.27. The average molecular weight is 236 g/mol. The van der Waals surface area contributed by atoms with Crippen molar-refractivity contribution in [1.29, 1.82) is 0 Å². The largest absolute Gasteiger partial charge is 0.370 e. The van der Waals surface area contributed by atoms with Crippen molar-refractivity contribution in [3.63, 3.8) is 0 Å². The molecular formula is C13H24N4. The van der Waals surface area contributed by atoms with E-state index in [9.17, 15) is 0 Å². The number of aromatic nitrogens is 2. The maximum absolute atomic E-state index is 4.40. The van der Waals surface area contributed by atoms with Crippen molar-refractivity contribution in [1.82, 2.24) is 9.97 Å². The molecule has 4 heteroatoms. The fraction of sp³-hybridized carbons (Fsp3) is 0.692. The minimum atomic E-state index is 0.457. The van der Waals surface area contributed by atoms with Crippen LogP contribution in [0.3, 0.4) is 0 Å². The van der Waals surface area contributed by atoms with Crippen LogP contribution in [0.15, 0.2) is 6.33 Å². The molecule has 0 fully saturated rings. The van der Waals surface area contributed by atoms with Crippen LogP contribution in [0.25, 0.3) is 0 Å². The second-order valence-electron chi connectivity index (χ2n) is 4.80. The summed E-state index contributed by atoms with van der Waals surface area (Å²) in [5.74, 6) is 2.54. The Morgan fingerprint density at radius 1 is 1.29 bits per heavy atom. The highest BCUT2D eigenvalue weighted by atomic mass is 15.2. The van der Waals surface area contributed by atoms with Crippen LogP contribution in [0.2, 0.25) is 0 Å². The lowest BCUT2D eigenvalue weighted by molar-refractivity contribution is 0.502. The Hall–Kier alpha value is -1.32. The normalized spacial score (nSPS) is 12.6. The fourth-order valence-electron chi connectivity index (χ4n) is 1.78. The van der Waals surface area contributed by atoms with E-state index >= 15 is 0 Å². The third-order valence-electron chi connectivity index (χ3n) is 3.31. The molecule has 0 saturated heterocycles. The van der Waals surface area contributed by atoms with E-state index in [-0.39, 0.29) is 0 Å². The second kappa shape index (κ2) is 5.84. The number of anilines is 2. The summed E-state index contributed by atoms with van der Waals surface area (Å²) in [5, 5.41) is 3.26. The van der Waals surface area contributed by atoms with Crippen LogP contribution in [-0.2, 0) is 0 Å². The predicted octanol–water partition coefficient (Wildman–Crippen LogP) is 2.70. The van der Waals surface area contributed by atoms with E-state index in [1.54, 1.807) is 6.33 Å². The molecule has 0 aromatic carbocycles. The van der Waals surface area contributed by atoms with E-state index in [1.165, 1.54) is 0 Å². The Labute approximate surface area is 104 Å². The molecule has 0 amide bonds. The maximum Gasteiger partial charge on any atom is 0.137 e. The van der Waals surface area contributed by atoms with Crippen molar-refractivity contribution < 1.29 is 0 Å². The van der Waals surface area contributed by atoms with Gasteiger partial charge in [-0.05, 0) is 26.7 Å². The lowest BCUT2D eigenvalue weighted by atomic mass is 10.0. The second-order valence-corrected chi connectivity index (χ2v) is 4.80. The monoisotopic (exact) mass is 236 g/mol. The zero-order valence-corrected chi connectivity index (χ0v) is 11.8. The Bertz CT molecular complexity index is 362. The molecule has 1 N–H and O–H groups in total. The summed E-state index contributed by atoms with van der Waals surface area (Å²) in [5.41, 5.74) is 1.12. The highest BCUT2D eigenvalue weighted by molar-refractivity contribution is 5.57. The number of nitrogens with one attached hydrogen (secondary N) is 1. The average Bonchev–Trinajstić information content (AvgIpc) is 2.30. The molecule has 17 heavy (non-hydrogen) atoms. The molecule has 0 radical (unpaired) electrons. The molecule has 1 aromatic rings. The molecule has 1 heterocycles. The first kappa shape index (κ1) is 13.7. The van der Waals surface area contributed by atoms with Crippen molar-refractivity contribution in [3.8, 4) is 0 Å². The van der Waals surface area contributed by atoms with Gasteiger partial charge in [-0.15, -0.1) is 0 Å². The molecule has 0 aliphatic carbocycles. The molecule has 1 aromatic heterocycles. The zero-order valence-electron chi connectivity index (χ0n) is 11.8. The summed E-state index contributed by atoms with van der Waals surface area (Å²) in [6.45, 7) is 11.7. The number of hydrogen-bond donors (Lipinski definition) is 1. The topological polar surface area (TPSA) is 41.1 Å². The third-order valence-corrected chi connectivity index (χ3v) is 3.31. The van der Waals surface area contributed by atoms with Gasteiger partial charge in [0.05, 0.1) is 0 Å². The van der Waals surface area contributed by atoms with Crippen molar-refractivity contribution in [3.05, 3.63) is 11.9 Å². The molecule has 0 spiro atoms. The summed E-state index contributed by atoms with van der Waals surface area (Å²) < 4.78 is 0. The van der Waals surface area contributed by atoms with Crippen LogP contribution in [0.4, 0.5) is 11.6 Å². The molecule has 0 bridgehead atoms. The smallest absolute Gasteiger partial charge is 0.137 e. The fourth-order valence-corrected chi connectivity index (χ4v) is 1.78. The van der Waals surface area contributed by atoms with Gasteiger partial charge in [0.2, 0.25) is 0 Å². The Kier molecular flexibility index (Phi) is 4.73. The van der Waals surface area contributed by atoms with Crippen LogP contribution in [0.1, 0.15) is 33.3 Å². The van der Waals surface area contributed by atoms with Gasteiger partial charge < -0.3 is 10.2 Å². The lowest BCUT2D eigenvalue weighted by Crippen LogP contribution is -2.34. The first-order valence-corrected chi connectivity index (χ1v) is 6.27. The van der Waals surface area contributed by atoms with E-state index in [4.69, 9.17) is 0 Å². The lowest BCUT2D eigenvalue weighted by Gasteiger charge is -2.30. The van der Waals surface area contributed by atoms with E-state index < -0.39 is 0 Å². The van der Waals surface area contributed by atoms with Gasteiger partial charge in [0, 0.05) is 25.2 Å². The number of hydrogen-bond acceptors (Lipinski definition) is 4. The summed E-state index contributed by atoms with van der Waals surface area (Å²) in [6, 6.07) is 0.457. The molecule has 1 rings (SSSR count). The first-order chi connectivity index (χ1) is 7.99. The van der Waals surface area contributed by atoms with Gasteiger partial charge in [-0.1, -0.05) is 13.8 Å². The standard InChI is InChI=1S/C13H24N4/c1-7-14-12-10(4)13(16-8-15-12)17(6)11(5)9(2)3/h8-9,11H,7H2,1-6H3,(H,14,15,16). The molecule has 96 valence electrons. The Morgan fingerprint density at radius 3 is 2.47 bits per heavy atom. The van der Waals surface area contributed by atoms with E-state index in [1.807, 2.05) is 0 Å². The highest BCUT2D eigenvalue weighted by Crippen LogP contribution is 2.24. The van der Waals surface area contributed by atoms with Gasteiger partial charge in [0.1, 0.15) is 18.0 Å². The van der Waals surface area contributed by atoms with Gasteiger partial charge in [-0.2, -0.15) is 0 Å². The Morgan fingerprint density at radius 2 is 1.94 bits per heavy atom. The van der Waals surface area contributed by atoms with Gasteiger partial charge in [-0.25, -0.2) is 9.97 Å². The summed E-state index contributed by atoms with van der Waals surface area (Å²) >= 11 is 0. The predicted molar refractivity (Wildman–Crippen MR) is 73.6 cm³/mol. The third kappa shape index (κ3) is 3.08. The molecule has 1 atom stereocenters. The summed E-state index contributed by atoms with van der Waals surface area (Å²) in [6.07, 6.45) is 1.63. The minimum absolute atomic E-state index is 0.457. The summed E-state index contributed by atoms with van der Waals surface area (Å²) in [4.78, 5) is 10.9. The Balaban J connectivity index is 3.01. The van der Waals surface area contributed by atoms with E-state index in [0.717, 1.165) is 23.7 Å². The molecule has 1 unspecified atom stereocenters. The van der Waals surface area contributed by atoms with Crippen molar-refractivity contribution in [2.75, 3.05) is 23.8 Å². The van der Waals surface area contributed by atoms with Crippen molar-refractivity contribution in [2.24, 2.45) is 5.92 Å². The van der Waals surface area contributed by atoms with Crippen LogP contribution in [0.5, 0.6) is 0 Å². The SMILES string of the molecule is CCNc1ncnc(N(C)C(C)C(C)C)c1C. The summed E-state index contributed by atoms with van der Waals surface area (Å²) in [7, 11) is 2.09. The number of rotatable bonds is 5. The van der Waals surface area contributed by atoms with Crippen LogP contribution < -0.4 is 10.2 Å². The van der Waals surface area contributed by atoms with E-state index in [0.29, 0.717) is 12.0 Å². The zero-order chi connectivity index (χ0) is 13.0. The minimum Gasteiger partial charge on any atom is -0.370 e. The highest BCUT2D eigenvalue weighted by Gasteiger charge is 2.17. The van der Waals surface area contributed by atoms with Crippen LogP contribution >= 0.6 is 0 Å². The van der Waals surface area contributed by atoms with E-state index in [2.05, 4.69) is 61.9 Å². The van der Waals surface area contributed by atoms with Crippen LogP contribution in [-0.4, -0.2) is 29.6 Å². The van der Waals surface area contributed by atoms with Crippen LogP contribution in [0, 0.1) is 12.8 Å². The molecule has 0 aliphatic rings.